The standard InChI is InChI=1S/C23H22N2O4/c1-16(29-21-6-4-3-5-7-21)22(26)24-18-10-8-17(9-11-18)23(27)25-19-12-14-20(28-2)15-13-19/h3-16H,1-2H3,(H,24,26)(H,25,27). The Morgan fingerprint density at radius 3 is 1.97 bits per heavy atom. The van der Waals surface area contributed by atoms with Crippen molar-refractivity contribution in [2.75, 3.05) is 17.7 Å². The molecule has 6 heteroatoms. The summed E-state index contributed by atoms with van der Waals surface area (Å²) >= 11 is 0. The van der Waals surface area contributed by atoms with Gasteiger partial charge in [-0.2, -0.15) is 0 Å². The normalized spacial score (nSPS) is 11.2. The number of amides is 2. The molecule has 2 N–H and O–H groups in total. The van der Waals surface area contributed by atoms with E-state index in [0.29, 0.717) is 28.4 Å². The minimum atomic E-state index is -0.657. The predicted molar refractivity (Wildman–Crippen MR) is 113 cm³/mol. The number of benzene rings is 3. The molecular formula is C23H22N2O4. The van der Waals surface area contributed by atoms with Crippen LogP contribution < -0.4 is 20.1 Å². The van der Waals surface area contributed by atoms with E-state index in [1.54, 1.807) is 74.7 Å². The second-order valence-corrected chi connectivity index (χ2v) is 6.32. The van der Waals surface area contributed by atoms with Crippen LogP contribution >= 0.6 is 0 Å². The van der Waals surface area contributed by atoms with Crippen LogP contribution in [0.1, 0.15) is 17.3 Å². The minimum absolute atomic E-state index is 0.242. The topological polar surface area (TPSA) is 76.7 Å². The third-order valence-corrected chi connectivity index (χ3v) is 4.19. The number of nitrogens with one attached hydrogen (secondary N) is 2. The Hall–Kier alpha value is -3.80. The van der Waals surface area contributed by atoms with E-state index in [9.17, 15) is 9.59 Å². The fourth-order valence-corrected chi connectivity index (χ4v) is 2.58. The first-order valence-electron chi connectivity index (χ1n) is 9.13. The summed E-state index contributed by atoms with van der Waals surface area (Å²) in [4.78, 5) is 24.7. The van der Waals surface area contributed by atoms with Gasteiger partial charge in [-0.25, -0.2) is 0 Å². The summed E-state index contributed by atoms with van der Waals surface area (Å²) in [7, 11) is 1.59. The van der Waals surface area contributed by atoms with Crippen LogP contribution in [0, 0.1) is 0 Å². The number of para-hydroxylation sites is 1. The smallest absolute Gasteiger partial charge is 0.265 e. The van der Waals surface area contributed by atoms with Gasteiger partial charge in [0.25, 0.3) is 11.8 Å². The lowest BCUT2D eigenvalue weighted by Crippen LogP contribution is -2.30. The first-order valence-corrected chi connectivity index (χ1v) is 9.13. The Morgan fingerprint density at radius 1 is 0.759 bits per heavy atom. The van der Waals surface area contributed by atoms with E-state index in [1.165, 1.54) is 0 Å². The zero-order valence-electron chi connectivity index (χ0n) is 16.2. The highest BCUT2D eigenvalue weighted by molar-refractivity contribution is 6.04. The van der Waals surface area contributed by atoms with E-state index in [-0.39, 0.29) is 11.8 Å². The van der Waals surface area contributed by atoms with Crippen molar-refractivity contribution in [1.29, 1.82) is 0 Å². The van der Waals surface area contributed by atoms with Crippen molar-refractivity contribution >= 4 is 23.2 Å². The largest absolute Gasteiger partial charge is 0.497 e. The van der Waals surface area contributed by atoms with Crippen molar-refractivity contribution in [2.24, 2.45) is 0 Å². The number of methoxy groups -OCH3 is 1. The lowest BCUT2D eigenvalue weighted by Gasteiger charge is -2.15. The molecule has 0 aliphatic carbocycles. The fraction of sp³-hybridized carbons (Fsp3) is 0.130. The van der Waals surface area contributed by atoms with Gasteiger partial charge in [0.05, 0.1) is 7.11 Å². The van der Waals surface area contributed by atoms with E-state index in [1.807, 2.05) is 18.2 Å². The predicted octanol–water partition coefficient (Wildman–Crippen LogP) is 4.35. The Labute approximate surface area is 169 Å². The van der Waals surface area contributed by atoms with Crippen LogP contribution in [0.2, 0.25) is 0 Å². The van der Waals surface area contributed by atoms with Crippen molar-refractivity contribution in [1.82, 2.24) is 0 Å². The number of carbonyl (C=O) groups excluding carboxylic acids is 2. The highest BCUT2D eigenvalue weighted by atomic mass is 16.5. The van der Waals surface area contributed by atoms with Gasteiger partial charge in [-0.3, -0.25) is 9.59 Å². The van der Waals surface area contributed by atoms with Gasteiger partial charge in [-0.05, 0) is 67.6 Å². The summed E-state index contributed by atoms with van der Waals surface area (Å²) in [6.45, 7) is 1.68. The molecule has 0 bridgehead atoms. The van der Waals surface area contributed by atoms with Gasteiger partial charge < -0.3 is 20.1 Å². The van der Waals surface area contributed by atoms with Gasteiger partial charge in [-0.15, -0.1) is 0 Å². The maximum absolute atomic E-state index is 12.4. The third-order valence-electron chi connectivity index (χ3n) is 4.19. The Morgan fingerprint density at radius 2 is 1.34 bits per heavy atom. The summed E-state index contributed by atoms with van der Waals surface area (Å²) in [6, 6.07) is 22.9. The van der Waals surface area contributed by atoms with Crippen LogP contribution in [0.5, 0.6) is 11.5 Å². The van der Waals surface area contributed by atoms with E-state index >= 15 is 0 Å². The molecule has 0 saturated carbocycles. The second-order valence-electron chi connectivity index (χ2n) is 6.32. The first kappa shape index (κ1) is 19.9. The lowest BCUT2D eigenvalue weighted by atomic mass is 10.2. The molecule has 1 unspecified atom stereocenters. The maximum atomic E-state index is 12.4. The fourth-order valence-electron chi connectivity index (χ4n) is 2.58. The number of hydrogen-bond acceptors (Lipinski definition) is 4. The highest BCUT2D eigenvalue weighted by Gasteiger charge is 2.15. The molecule has 148 valence electrons. The molecule has 3 aromatic carbocycles. The van der Waals surface area contributed by atoms with Gasteiger partial charge in [-0.1, -0.05) is 18.2 Å². The SMILES string of the molecule is COc1ccc(NC(=O)c2ccc(NC(=O)C(C)Oc3ccccc3)cc2)cc1. The van der Waals surface area contributed by atoms with Crippen molar-refractivity contribution in [3.63, 3.8) is 0 Å². The molecule has 29 heavy (non-hydrogen) atoms. The minimum Gasteiger partial charge on any atom is -0.497 e. The second kappa shape index (κ2) is 9.41. The molecule has 0 radical (unpaired) electrons. The molecule has 0 saturated heterocycles. The van der Waals surface area contributed by atoms with E-state index in [2.05, 4.69) is 10.6 Å². The molecule has 0 fully saturated rings. The quantitative estimate of drug-likeness (QED) is 0.629. The number of ether oxygens (including phenoxy) is 2. The summed E-state index contributed by atoms with van der Waals surface area (Å²) in [6.07, 6.45) is -0.657. The van der Waals surface area contributed by atoms with E-state index in [0.717, 1.165) is 0 Å². The van der Waals surface area contributed by atoms with Crippen molar-refractivity contribution in [3.05, 3.63) is 84.4 Å². The van der Waals surface area contributed by atoms with Gasteiger partial charge >= 0.3 is 0 Å². The van der Waals surface area contributed by atoms with Crippen LogP contribution in [-0.2, 0) is 4.79 Å². The Balaban J connectivity index is 1.56. The summed E-state index contributed by atoms with van der Waals surface area (Å²) in [5.41, 5.74) is 1.73. The molecule has 0 heterocycles. The summed E-state index contributed by atoms with van der Waals surface area (Å²) in [5.74, 6) is 0.826. The zero-order chi connectivity index (χ0) is 20.6. The van der Waals surface area contributed by atoms with Crippen LogP contribution in [0.15, 0.2) is 78.9 Å². The van der Waals surface area contributed by atoms with Crippen LogP contribution in [0.25, 0.3) is 0 Å². The Bertz CT molecular complexity index is 954. The number of anilines is 2. The number of carbonyl (C=O) groups is 2. The third kappa shape index (κ3) is 5.59. The summed E-state index contributed by atoms with van der Waals surface area (Å²) in [5, 5.41) is 5.59. The van der Waals surface area contributed by atoms with E-state index < -0.39 is 6.10 Å². The summed E-state index contributed by atoms with van der Waals surface area (Å²) < 4.78 is 10.7. The van der Waals surface area contributed by atoms with Crippen LogP contribution in [0.4, 0.5) is 11.4 Å². The average molecular weight is 390 g/mol. The molecule has 3 aromatic rings. The zero-order valence-corrected chi connectivity index (χ0v) is 16.2. The molecule has 0 spiro atoms. The van der Waals surface area contributed by atoms with Crippen molar-refractivity contribution < 1.29 is 19.1 Å². The molecule has 3 rings (SSSR count). The van der Waals surface area contributed by atoms with Gasteiger partial charge in [0.1, 0.15) is 11.5 Å². The Kier molecular flexibility index (Phi) is 6.47. The molecule has 0 aliphatic heterocycles. The molecule has 0 aliphatic rings. The first-order chi connectivity index (χ1) is 14.0. The lowest BCUT2D eigenvalue weighted by molar-refractivity contribution is -0.122. The average Bonchev–Trinajstić information content (AvgIpc) is 2.75. The highest BCUT2D eigenvalue weighted by Crippen LogP contribution is 2.17. The monoisotopic (exact) mass is 390 g/mol. The molecular weight excluding hydrogens is 368 g/mol. The van der Waals surface area contributed by atoms with Crippen molar-refractivity contribution in [3.8, 4) is 11.5 Å². The van der Waals surface area contributed by atoms with Crippen molar-refractivity contribution in [2.45, 2.75) is 13.0 Å². The molecule has 0 aromatic heterocycles. The van der Waals surface area contributed by atoms with Gasteiger partial charge in [0.2, 0.25) is 0 Å². The number of rotatable bonds is 7. The van der Waals surface area contributed by atoms with Crippen LogP contribution in [-0.4, -0.2) is 25.0 Å². The molecule has 6 nitrogen and oxygen atoms in total. The van der Waals surface area contributed by atoms with Gasteiger partial charge in [0.15, 0.2) is 6.10 Å². The van der Waals surface area contributed by atoms with E-state index in [4.69, 9.17) is 9.47 Å². The van der Waals surface area contributed by atoms with Gasteiger partial charge in [0, 0.05) is 16.9 Å². The maximum Gasteiger partial charge on any atom is 0.265 e. The number of hydrogen-bond donors (Lipinski definition) is 2. The molecule has 1 atom stereocenters. The molecule has 2 amide bonds. The van der Waals surface area contributed by atoms with Crippen LogP contribution in [0.3, 0.4) is 0 Å².